The van der Waals surface area contributed by atoms with Gasteiger partial charge in [-0.05, 0) is 42.0 Å². The highest BCUT2D eigenvalue weighted by Crippen LogP contribution is 2.32. The van der Waals surface area contributed by atoms with Crippen LogP contribution >= 0.6 is 11.6 Å². The molecular weight excluding hydrogens is 454 g/mol. The van der Waals surface area contributed by atoms with Crippen molar-refractivity contribution in [3.8, 4) is 11.5 Å². The van der Waals surface area contributed by atoms with E-state index >= 15 is 0 Å². The number of ether oxygens (including phenoxy) is 2. The molecule has 0 atom stereocenters. The van der Waals surface area contributed by atoms with Crippen molar-refractivity contribution >= 4 is 33.2 Å². The maximum atomic E-state index is 12.8. The van der Waals surface area contributed by atoms with E-state index in [-0.39, 0.29) is 22.0 Å². The highest BCUT2D eigenvalue weighted by Gasteiger charge is 2.21. The quantitative estimate of drug-likeness (QED) is 0.566. The Morgan fingerprint density at radius 2 is 1.88 bits per heavy atom. The van der Waals surface area contributed by atoms with E-state index in [1.165, 1.54) is 18.2 Å². The molecule has 0 radical (unpaired) electrons. The van der Waals surface area contributed by atoms with Gasteiger partial charge in [0.1, 0.15) is 4.90 Å². The van der Waals surface area contributed by atoms with Gasteiger partial charge in [-0.1, -0.05) is 17.7 Å². The van der Waals surface area contributed by atoms with Crippen molar-refractivity contribution in [1.82, 2.24) is 9.71 Å². The van der Waals surface area contributed by atoms with Crippen molar-refractivity contribution in [2.75, 3.05) is 18.5 Å². The number of aromatic nitrogens is 1. The first-order valence-electron chi connectivity index (χ1n) is 9.81. The molecule has 0 unspecified atom stereocenters. The summed E-state index contributed by atoms with van der Waals surface area (Å²) in [5.74, 6) is 0.666. The van der Waals surface area contributed by atoms with E-state index in [4.69, 9.17) is 21.1 Å². The van der Waals surface area contributed by atoms with Crippen molar-refractivity contribution < 1.29 is 22.7 Å². The number of carbonyl (C=O) groups is 1. The van der Waals surface area contributed by atoms with Gasteiger partial charge < -0.3 is 14.8 Å². The smallest absolute Gasteiger partial charge is 0.255 e. The zero-order chi connectivity index (χ0) is 22.6. The lowest BCUT2D eigenvalue weighted by Crippen LogP contribution is -2.24. The molecule has 2 aromatic carbocycles. The van der Waals surface area contributed by atoms with Crippen LogP contribution in [0.1, 0.15) is 22.3 Å². The molecule has 4 rings (SSSR count). The van der Waals surface area contributed by atoms with Crippen molar-refractivity contribution in [2.45, 2.75) is 17.9 Å². The van der Waals surface area contributed by atoms with E-state index in [1.54, 1.807) is 42.7 Å². The molecule has 2 heterocycles. The Morgan fingerprint density at radius 3 is 2.66 bits per heavy atom. The maximum Gasteiger partial charge on any atom is 0.255 e. The van der Waals surface area contributed by atoms with E-state index in [9.17, 15) is 13.2 Å². The van der Waals surface area contributed by atoms with Gasteiger partial charge in [-0.2, -0.15) is 0 Å². The number of fused-ring (bicyclic) bond motifs is 1. The number of nitrogens with zero attached hydrogens (tertiary/aromatic N) is 1. The number of nitrogens with one attached hydrogen (secondary N) is 2. The first-order chi connectivity index (χ1) is 15.4. The third kappa shape index (κ3) is 5.18. The Kier molecular flexibility index (Phi) is 6.59. The average Bonchev–Trinajstić information content (AvgIpc) is 3.03. The fourth-order valence-electron chi connectivity index (χ4n) is 3.05. The van der Waals surface area contributed by atoms with Gasteiger partial charge in [-0.25, -0.2) is 13.1 Å². The lowest BCUT2D eigenvalue weighted by atomic mass is 10.2. The third-order valence-electron chi connectivity index (χ3n) is 4.68. The number of hydrogen-bond acceptors (Lipinski definition) is 6. The number of hydrogen-bond donors (Lipinski definition) is 2. The fourth-order valence-corrected chi connectivity index (χ4v) is 4.59. The molecule has 0 saturated heterocycles. The van der Waals surface area contributed by atoms with Gasteiger partial charge in [0.2, 0.25) is 10.0 Å². The largest absolute Gasteiger partial charge is 0.490 e. The van der Waals surface area contributed by atoms with Gasteiger partial charge in [-0.15, -0.1) is 0 Å². The van der Waals surface area contributed by atoms with Crippen LogP contribution in [-0.4, -0.2) is 32.5 Å². The topological polar surface area (TPSA) is 107 Å². The monoisotopic (exact) mass is 473 g/mol. The molecule has 166 valence electrons. The maximum absolute atomic E-state index is 12.8. The number of amides is 1. The molecule has 0 fully saturated rings. The normalized spacial score (nSPS) is 13.3. The fraction of sp³-hybridized carbons (Fsp3) is 0.182. The van der Waals surface area contributed by atoms with Crippen LogP contribution in [0.3, 0.4) is 0 Å². The molecule has 1 aromatic heterocycles. The van der Waals surface area contributed by atoms with Crippen molar-refractivity contribution in [1.29, 1.82) is 0 Å². The first-order valence-corrected chi connectivity index (χ1v) is 11.7. The number of pyridine rings is 1. The molecule has 1 amide bonds. The molecule has 0 bridgehead atoms. The van der Waals surface area contributed by atoms with Crippen LogP contribution in [0.15, 0.2) is 65.8 Å². The lowest BCUT2D eigenvalue weighted by molar-refractivity contribution is 0.102. The average molecular weight is 474 g/mol. The van der Waals surface area contributed by atoms with Crippen LogP contribution in [0.2, 0.25) is 5.02 Å². The van der Waals surface area contributed by atoms with Gasteiger partial charge >= 0.3 is 0 Å². The molecule has 32 heavy (non-hydrogen) atoms. The number of carbonyl (C=O) groups excluding carboxylic acids is 1. The minimum atomic E-state index is -3.96. The molecule has 1 aliphatic rings. The Labute approximate surface area is 190 Å². The van der Waals surface area contributed by atoms with Crippen LogP contribution in [0, 0.1) is 0 Å². The highest BCUT2D eigenvalue weighted by molar-refractivity contribution is 7.89. The zero-order valence-electron chi connectivity index (χ0n) is 16.9. The summed E-state index contributed by atoms with van der Waals surface area (Å²) in [5.41, 5.74) is 1.33. The van der Waals surface area contributed by atoms with E-state index in [1.807, 2.05) is 0 Å². The standard InChI is InChI=1S/C22H20ClN3O5S/c23-18-6-4-16(11-21(18)32(28,29)25-14-15-3-1-8-24-13-15)22(27)26-17-5-7-19-20(12-17)31-10-2-9-30-19/h1,3-8,11-13,25H,2,9-10,14H2,(H,26,27). The molecule has 8 nitrogen and oxygen atoms in total. The summed E-state index contributed by atoms with van der Waals surface area (Å²) in [6.07, 6.45) is 3.93. The number of anilines is 1. The first kappa shape index (κ1) is 22.1. The molecule has 1 aliphatic heterocycles. The number of rotatable bonds is 6. The summed E-state index contributed by atoms with van der Waals surface area (Å²) in [5, 5.41) is 2.75. The predicted molar refractivity (Wildman–Crippen MR) is 120 cm³/mol. The van der Waals surface area contributed by atoms with Crippen LogP contribution < -0.4 is 19.5 Å². The van der Waals surface area contributed by atoms with Gasteiger partial charge in [0.25, 0.3) is 5.91 Å². The number of halogens is 1. The molecule has 0 aliphatic carbocycles. The Hall–Kier alpha value is -3.14. The number of sulfonamides is 1. The summed E-state index contributed by atoms with van der Waals surface area (Å²) in [7, 11) is -3.96. The third-order valence-corrected chi connectivity index (χ3v) is 6.56. The summed E-state index contributed by atoms with van der Waals surface area (Å²) in [4.78, 5) is 16.5. The van der Waals surface area contributed by atoms with Gasteiger partial charge in [-0.3, -0.25) is 9.78 Å². The summed E-state index contributed by atoms with van der Waals surface area (Å²) in [6.45, 7) is 1.13. The molecule has 0 saturated carbocycles. The van der Waals surface area contributed by atoms with Crippen molar-refractivity contribution in [3.05, 3.63) is 77.1 Å². The van der Waals surface area contributed by atoms with Crippen LogP contribution in [-0.2, 0) is 16.6 Å². The second kappa shape index (κ2) is 9.56. The van der Waals surface area contributed by atoms with Crippen LogP contribution in [0.25, 0.3) is 0 Å². The SMILES string of the molecule is O=C(Nc1ccc2c(c1)OCCCO2)c1ccc(Cl)c(S(=O)(=O)NCc2cccnc2)c1. The second-order valence-electron chi connectivity index (χ2n) is 7.00. The van der Waals surface area contributed by atoms with E-state index < -0.39 is 15.9 Å². The van der Waals surface area contributed by atoms with Crippen LogP contribution in [0.5, 0.6) is 11.5 Å². The molecule has 10 heteroatoms. The summed E-state index contributed by atoms with van der Waals surface area (Å²) < 4.78 is 39.2. The van der Waals surface area contributed by atoms with Gasteiger partial charge in [0.05, 0.1) is 18.2 Å². The second-order valence-corrected chi connectivity index (χ2v) is 9.14. The van der Waals surface area contributed by atoms with Gasteiger partial charge in [0.15, 0.2) is 11.5 Å². The van der Waals surface area contributed by atoms with Crippen molar-refractivity contribution in [2.24, 2.45) is 0 Å². The zero-order valence-corrected chi connectivity index (χ0v) is 18.4. The molecule has 3 aromatic rings. The van der Waals surface area contributed by atoms with E-state index in [0.717, 1.165) is 6.42 Å². The predicted octanol–water partition coefficient (Wildman–Crippen LogP) is 3.63. The van der Waals surface area contributed by atoms with E-state index in [2.05, 4.69) is 15.0 Å². The Morgan fingerprint density at radius 1 is 1.06 bits per heavy atom. The molecule has 2 N–H and O–H groups in total. The van der Waals surface area contributed by atoms with E-state index in [0.29, 0.717) is 36.0 Å². The van der Waals surface area contributed by atoms with Crippen molar-refractivity contribution in [3.63, 3.8) is 0 Å². The van der Waals surface area contributed by atoms with Crippen LogP contribution in [0.4, 0.5) is 5.69 Å². The molecule has 0 spiro atoms. The summed E-state index contributed by atoms with van der Waals surface area (Å²) in [6, 6.07) is 12.6. The summed E-state index contributed by atoms with van der Waals surface area (Å²) >= 11 is 6.13. The minimum absolute atomic E-state index is 0.0100. The number of benzene rings is 2. The van der Waals surface area contributed by atoms with Gasteiger partial charge in [0, 0.05) is 42.7 Å². The Bertz CT molecular complexity index is 1240. The Balaban J connectivity index is 1.51. The molecular formula is C22H20ClN3O5S. The minimum Gasteiger partial charge on any atom is -0.490 e. The highest BCUT2D eigenvalue weighted by atomic mass is 35.5. The lowest BCUT2D eigenvalue weighted by Gasteiger charge is -2.12.